The van der Waals surface area contributed by atoms with Gasteiger partial charge in [-0.2, -0.15) is 0 Å². The third-order valence-electron chi connectivity index (χ3n) is 3.58. The number of carbonyl (C=O) groups is 2. The molecule has 2 N–H and O–H groups in total. The molecule has 1 amide bonds. The van der Waals surface area contributed by atoms with E-state index in [1.165, 1.54) is 12.1 Å². The summed E-state index contributed by atoms with van der Waals surface area (Å²) in [6.45, 7) is 5.66. The van der Waals surface area contributed by atoms with Crippen molar-refractivity contribution in [1.82, 2.24) is 0 Å². The number of aromatic carboxylic acids is 1. The molecule has 2 aromatic carbocycles. The molecule has 0 bridgehead atoms. The molecule has 108 valence electrons. The van der Waals surface area contributed by atoms with E-state index in [2.05, 4.69) is 5.32 Å². The fourth-order valence-electron chi connectivity index (χ4n) is 2.08. The zero-order valence-electron chi connectivity index (χ0n) is 12.2. The highest BCUT2D eigenvalue weighted by Crippen LogP contribution is 2.20. The van der Waals surface area contributed by atoms with Crippen molar-refractivity contribution in [3.05, 3.63) is 64.2 Å². The highest BCUT2D eigenvalue weighted by molar-refractivity contribution is 6.06. The molecule has 0 saturated carbocycles. The number of benzene rings is 2. The van der Waals surface area contributed by atoms with Gasteiger partial charge in [0.25, 0.3) is 5.91 Å². The molecule has 0 fully saturated rings. The lowest BCUT2D eigenvalue weighted by molar-refractivity contribution is 0.0696. The fraction of sp³-hybridized carbons (Fsp3) is 0.176. The number of hydrogen-bond acceptors (Lipinski definition) is 2. The van der Waals surface area contributed by atoms with Crippen LogP contribution in [0.15, 0.2) is 36.4 Å². The first kappa shape index (κ1) is 14.8. The highest BCUT2D eigenvalue weighted by atomic mass is 16.4. The Kier molecular flexibility index (Phi) is 4.08. The molecular formula is C17H17NO3. The fourth-order valence-corrected chi connectivity index (χ4v) is 2.08. The zero-order chi connectivity index (χ0) is 15.6. The molecule has 4 heteroatoms. The average molecular weight is 283 g/mol. The Labute approximate surface area is 123 Å². The molecule has 0 unspecified atom stereocenters. The van der Waals surface area contributed by atoms with E-state index in [-0.39, 0.29) is 11.5 Å². The molecule has 0 aliphatic rings. The molecule has 0 aliphatic carbocycles. The van der Waals surface area contributed by atoms with E-state index >= 15 is 0 Å². The average Bonchev–Trinajstić information content (AvgIpc) is 2.43. The topological polar surface area (TPSA) is 66.4 Å². The SMILES string of the molecule is Cc1ccc(C(=O)O)cc1NC(=O)c1cccc(C)c1C. The summed E-state index contributed by atoms with van der Waals surface area (Å²) in [6, 6.07) is 10.2. The van der Waals surface area contributed by atoms with Gasteiger partial charge in [0.1, 0.15) is 0 Å². The number of nitrogens with one attached hydrogen (secondary N) is 1. The van der Waals surface area contributed by atoms with Crippen molar-refractivity contribution in [2.45, 2.75) is 20.8 Å². The molecule has 0 saturated heterocycles. The third-order valence-corrected chi connectivity index (χ3v) is 3.58. The van der Waals surface area contributed by atoms with E-state index in [0.717, 1.165) is 16.7 Å². The summed E-state index contributed by atoms with van der Waals surface area (Å²) in [6.07, 6.45) is 0. The smallest absolute Gasteiger partial charge is 0.335 e. The summed E-state index contributed by atoms with van der Waals surface area (Å²) in [7, 11) is 0. The van der Waals surface area contributed by atoms with Gasteiger partial charge < -0.3 is 10.4 Å². The highest BCUT2D eigenvalue weighted by Gasteiger charge is 2.13. The predicted octanol–water partition coefficient (Wildman–Crippen LogP) is 3.56. The van der Waals surface area contributed by atoms with Gasteiger partial charge in [0.2, 0.25) is 0 Å². The molecule has 0 radical (unpaired) electrons. The molecule has 21 heavy (non-hydrogen) atoms. The van der Waals surface area contributed by atoms with Gasteiger partial charge in [-0.1, -0.05) is 18.2 Å². The van der Waals surface area contributed by atoms with Gasteiger partial charge >= 0.3 is 5.97 Å². The molecule has 0 aliphatic heterocycles. The Morgan fingerprint density at radius 2 is 1.71 bits per heavy atom. The molecule has 2 aromatic rings. The summed E-state index contributed by atoms with van der Waals surface area (Å²) in [5, 5.41) is 11.8. The van der Waals surface area contributed by atoms with Gasteiger partial charge in [0.15, 0.2) is 0 Å². The quantitative estimate of drug-likeness (QED) is 0.905. The standard InChI is InChI=1S/C17H17NO3/c1-10-5-4-6-14(12(10)3)16(19)18-15-9-13(17(20)21)8-7-11(15)2/h4-9H,1-3H3,(H,18,19)(H,20,21). The van der Waals surface area contributed by atoms with E-state index in [1.807, 2.05) is 32.9 Å². The molecule has 0 aromatic heterocycles. The third kappa shape index (κ3) is 3.11. The number of rotatable bonds is 3. The number of amides is 1. The first-order chi connectivity index (χ1) is 9.90. The second-order valence-electron chi connectivity index (χ2n) is 5.04. The molecular weight excluding hydrogens is 266 g/mol. The lowest BCUT2D eigenvalue weighted by atomic mass is 10.0. The number of hydrogen-bond donors (Lipinski definition) is 2. The van der Waals surface area contributed by atoms with Crippen LogP contribution in [0.3, 0.4) is 0 Å². The summed E-state index contributed by atoms with van der Waals surface area (Å²) < 4.78 is 0. The van der Waals surface area contributed by atoms with Crippen LogP contribution in [0, 0.1) is 20.8 Å². The van der Waals surface area contributed by atoms with Gasteiger partial charge in [0, 0.05) is 11.3 Å². The number of carboxylic acids is 1. The van der Waals surface area contributed by atoms with Crippen LogP contribution in [0.1, 0.15) is 37.4 Å². The van der Waals surface area contributed by atoms with Gasteiger partial charge in [-0.15, -0.1) is 0 Å². The maximum absolute atomic E-state index is 12.4. The lowest BCUT2D eigenvalue weighted by Gasteiger charge is -2.12. The number of aryl methyl sites for hydroxylation is 2. The number of anilines is 1. The number of carboxylic acid groups (broad SMARTS) is 1. The second kappa shape index (κ2) is 5.79. The number of carbonyl (C=O) groups excluding carboxylic acids is 1. The van der Waals surface area contributed by atoms with E-state index in [0.29, 0.717) is 11.3 Å². The zero-order valence-corrected chi connectivity index (χ0v) is 12.2. The summed E-state index contributed by atoms with van der Waals surface area (Å²) in [5.74, 6) is -1.25. The van der Waals surface area contributed by atoms with Gasteiger partial charge in [-0.3, -0.25) is 4.79 Å². The van der Waals surface area contributed by atoms with Crippen molar-refractivity contribution < 1.29 is 14.7 Å². The Bertz CT molecular complexity index is 720. The normalized spacial score (nSPS) is 10.2. The van der Waals surface area contributed by atoms with Gasteiger partial charge in [-0.05, 0) is 55.7 Å². The first-order valence-electron chi connectivity index (χ1n) is 6.61. The Hall–Kier alpha value is -2.62. The van der Waals surface area contributed by atoms with Crippen LogP contribution in [0.4, 0.5) is 5.69 Å². The van der Waals surface area contributed by atoms with Gasteiger partial charge in [0.05, 0.1) is 5.56 Å². The van der Waals surface area contributed by atoms with Gasteiger partial charge in [-0.25, -0.2) is 4.79 Å². The van der Waals surface area contributed by atoms with Crippen molar-refractivity contribution in [3.8, 4) is 0 Å². The van der Waals surface area contributed by atoms with Crippen LogP contribution in [0.2, 0.25) is 0 Å². The molecule has 0 atom stereocenters. The Balaban J connectivity index is 2.33. The van der Waals surface area contributed by atoms with Crippen molar-refractivity contribution in [2.24, 2.45) is 0 Å². The minimum Gasteiger partial charge on any atom is -0.478 e. The Morgan fingerprint density at radius 1 is 1.00 bits per heavy atom. The van der Waals surface area contributed by atoms with Crippen LogP contribution >= 0.6 is 0 Å². The first-order valence-corrected chi connectivity index (χ1v) is 6.61. The summed E-state index contributed by atoms with van der Waals surface area (Å²) in [5.41, 5.74) is 4.03. The van der Waals surface area contributed by atoms with Crippen LogP contribution in [0.5, 0.6) is 0 Å². The largest absolute Gasteiger partial charge is 0.478 e. The van der Waals surface area contributed by atoms with E-state index in [9.17, 15) is 9.59 Å². The summed E-state index contributed by atoms with van der Waals surface area (Å²) >= 11 is 0. The van der Waals surface area contributed by atoms with Crippen molar-refractivity contribution in [3.63, 3.8) is 0 Å². The summed E-state index contributed by atoms with van der Waals surface area (Å²) in [4.78, 5) is 23.4. The van der Waals surface area contributed by atoms with Crippen molar-refractivity contribution >= 4 is 17.6 Å². The van der Waals surface area contributed by atoms with Crippen LogP contribution in [-0.4, -0.2) is 17.0 Å². The molecule has 4 nitrogen and oxygen atoms in total. The van der Waals surface area contributed by atoms with Crippen LogP contribution in [0.25, 0.3) is 0 Å². The minimum absolute atomic E-state index is 0.150. The van der Waals surface area contributed by atoms with E-state index < -0.39 is 5.97 Å². The second-order valence-corrected chi connectivity index (χ2v) is 5.04. The van der Waals surface area contributed by atoms with Crippen LogP contribution < -0.4 is 5.32 Å². The van der Waals surface area contributed by atoms with Crippen molar-refractivity contribution in [1.29, 1.82) is 0 Å². The molecule has 0 spiro atoms. The molecule has 0 heterocycles. The van der Waals surface area contributed by atoms with Crippen LogP contribution in [-0.2, 0) is 0 Å². The maximum Gasteiger partial charge on any atom is 0.335 e. The predicted molar refractivity (Wildman–Crippen MR) is 82.0 cm³/mol. The van der Waals surface area contributed by atoms with Crippen molar-refractivity contribution in [2.75, 3.05) is 5.32 Å². The Morgan fingerprint density at radius 3 is 2.38 bits per heavy atom. The molecule has 2 rings (SSSR count). The minimum atomic E-state index is -1.02. The monoisotopic (exact) mass is 283 g/mol. The van der Waals surface area contributed by atoms with E-state index in [4.69, 9.17) is 5.11 Å². The van der Waals surface area contributed by atoms with E-state index in [1.54, 1.807) is 12.1 Å². The maximum atomic E-state index is 12.4. The lowest BCUT2D eigenvalue weighted by Crippen LogP contribution is -2.15.